The molecular formula is C14H23N3O2. The van der Waals surface area contributed by atoms with Crippen LogP contribution in [0.2, 0.25) is 0 Å². The summed E-state index contributed by atoms with van der Waals surface area (Å²) in [5.41, 5.74) is -0.912. The molecule has 2 amide bonds. The molecule has 0 heterocycles. The van der Waals surface area contributed by atoms with Crippen molar-refractivity contribution in [2.45, 2.75) is 52.0 Å². The second-order valence-electron chi connectivity index (χ2n) is 5.64. The van der Waals surface area contributed by atoms with Crippen molar-refractivity contribution in [2.24, 2.45) is 5.41 Å². The van der Waals surface area contributed by atoms with Crippen molar-refractivity contribution in [2.75, 3.05) is 13.6 Å². The fourth-order valence-corrected chi connectivity index (χ4v) is 2.55. The zero-order valence-corrected chi connectivity index (χ0v) is 12.0. The minimum atomic E-state index is -0.912. The summed E-state index contributed by atoms with van der Waals surface area (Å²) in [5, 5.41) is 12.1. The van der Waals surface area contributed by atoms with Gasteiger partial charge in [-0.05, 0) is 26.7 Å². The number of carbonyl (C=O) groups is 2. The first-order valence-electron chi connectivity index (χ1n) is 6.87. The van der Waals surface area contributed by atoms with Gasteiger partial charge in [0.25, 0.3) is 0 Å². The zero-order valence-electron chi connectivity index (χ0n) is 12.0. The Morgan fingerprint density at radius 1 is 1.32 bits per heavy atom. The summed E-state index contributed by atoms with van der Waals surface area (Å²) < 4.78 is 0. The van der Waals surface area contributed by atoms with Crippen molar-refractivity contribution in [1.82, 2.24) is 10.2 Å². The van der Waals surface area contributed by atoms with Crippen LogP contribution in [0.4, 0.5) is 0 Å². The molecule has 0 aromatic carbocycles. The molecule has 0 aromatic rings. The monoisotopic (exact) mass is 265 g/mol. The Morgan fingerprint density at radius 3 is 2.37 bits per heavy atom. The van der Waals surface area contributed by atoms with E-state index in [-0.39, 0.29) is 24.4 Å². The summed E-state index contributed by atoms with van der Waals surface area (Å²) in [6.45, 7) is 3.76. The van der Waals surface area contributed by atoms with E-state index in [0.29, 0.717) is 12.8 Å². The third kappa shape index (κ3) is 3.95. The van der Waals surface area contributed by atoms with Gasteiger partial charge in [0, 0.05) is 13.1 Å². The Labute approximate surface area is 115 Å². The summed E-state index contributed by atoms with van der Waals surface area (Å²) in [4.78, 5) is 25.4. The van der Waals surface area contributed by atoms with Gasteiger partial charge in [-0.1, -0.05) is 19.3 Å². The van der Waals surface area contributed by atoms with Crippen LogP contribution in [0.3, 0.4) is 0 Å². The highest BCUT2D eigenvalue weighted by Gasteiger charge is 2.41. The van der Waals surface area contributed by atoms with Gasteiger partial charge in [0.05, 0.1) is 12.6 Å². The fraction of sp³-hybridized carbons (Fsp3) is 0.786. The zero-order chi connectivity index (χ0) is 14.5. The molecule has 1 fully saturated rings. The molecule has 0 bridgehead atoms. The lowest BCUT2D eigenvalue weighted by Crippen LogP contribution is -2.47. The molecule has 5 heteroatoms. The van der Waals surface area contributed by atoms with Gasteiger partial charge in [-0.3, -0.25) is 9.59 Å². The molecule has 1 rings (SSSR count). The number of likely N-dealkylation sites (N-methyl/N-ethyl adjacent to an activating group) is 1. The van der Waals surface area contributed by atoms with Gasteiger partial charge >= 0.3 is 0 Å². The molecule has 106 valence electrons. The predicted octanol–water partition coefficient (Wildman–Crippen LogP) is 1.44. The summed E-state index contributed by atoms with van der Waals surface area (Å²) in [6, 6.07) is 2.24. The van der Waals surface area contributed by atoms with Crippen molar-refractivity contribution < 1.29 is 9.59 Å². The molecule has 0 atom stereocenters. The van der Waals surface area contributed by atoms with Crippen LogP contribution < -0.4 is 5.32 Å². The third-order valence-corrected chi connectivity index (χ3v) is 3.51. The third-order valence-electron chi connectivity index (χ3n) is 3.51. The highest BCUT2D eigenvalue weighted by atomic mass is 16.2. The first-order chi connectivity index (χ1) is 8.91. The maximum Gasteiger partial charge on any atom is 0.243 e. The minimum Gasteiger partial charge on any atom is -0.352 e. The number of hydrogen-bond donors (Lipinski definition) is 1. The number of nitrogens with one attached hydrogen (secondary N) is 1. The first-order valence-corrected chi connectivity index (χ1v) is 6.87. The maximum atomic E-state index is 12.4. The lowest BCUT2D eigenvalue weighted by Gasteiger charge is -2.32. The number of amides is 2. The predicted molar refractivity (Wildman–Crippen MR) is 72.0 cm³/mol. The van der Waals surface area contributed by atoms with Gasteiger partial charge in [-0.25, -0.2) is 0 Å². The lowest BCUT2D eigenvalue weighted by molar-refractivity contribution is -0.142. The van der Waals surface area contributed by atoms with Crippen molar-refractivity contribution >= 4 is 11.8 Å². The van der Waals surface area contributed by atoms with E-state index in [1.54, 1.807) is 7.05 Å². The van der Waals surface area contributed by atoms with Crippen LogP contribution in [-0.2, 0) is 9.59 Å². The molecular weight excluding hydrogens is 242 g/mol. The quantitative estimate of drug-likeness (QED) is 0.836. The van der Waals surface area contributed by atoms with Gasteiger partial charge in [0.1, 0.15) is 5.41 Å². The molecule has 0 radical (unpaired) electrons. The number of hydrogen-bond acceptors (Lipinski definition) is 3. The molecule has 19 heavy (non-hydrogen) atoms. The van der Waals surface area contributed by atoms with Crippen LogP contribution in [0.25, 0.3) is 0 Å². The van der Waals surface area contributed by atoms with Crippen molar-refractivity contribution in [3.05, 3.63) is 0 Å². The van der Waals surface area contributed by atoms with Gasteiger partial charge in [-0.15, -0.1) is 0 Å². The summed E-state index contributed by atoms with van der Waals surface area (Å²) in [5.74, 6) is -0.400. The van der Waals surface area contributed by atoms with E-state index in [2.05, 4.69) is 11.4 Å². The number of carbonyl (C=O) groups excluding carboxylic acids is 2. The molecule has 1 saturated carbocycles. The molecule has 1 aliphatic carbocycles. The first kappa shape index (κ1) is 15.5. The molecule has 1 aliphatic rings. The highest BCUT2D eigenvalue weighted by Crippen LogP contribution is 2.37. The number of nitrogens with zero attached hydrogens (tertiary/aromatic N) is 2. The molecule has 0 aliphatic heterocycles. The lowest BCUT2D eigenvalue weighted by atomic mass is 9.74. The Morgan fingerprint density at radius 2 is 1.89 bits per heavy atom. The molecule has 1 N–H and O–H groups in total. The number of rotatable bonds is 4. The maximum absolute atomic E-state index is 12.4. The average Bonchev–Trinajstić information content (AvgIpc) is 2.37. The largest absolute Gasteiger partial charge is 0.352 e. The fourth-order valence-electron chi connectivity index (χ4n) is 2.55. The van der Waals surface area contributed by atoms with Crippen molar-refractivity contribution in [3.8, 4) is 6.07 Å². The average molecular weight is 265 g/mol. The SMILES string of the molecule is CC(C)NC(=O)CN(C)C(=O)C1(C#N)CCCCC1. The van der Waals surface area contributed by atoms with Crippen LogP contribution in [0.5, 0.6) is 0 Å². The van der Waals surface area contributed by atoms with E-state index in [0.717, 1.165) is 19.3 Å². The van der Waals surface area contributed by atoms with E-state index in [4.69, 9.17) is 0 Å². The molecule has 0 saturated heterocycles. The normalized spacial score (nSPS) is 17.6. The van der Waals surface area contributed by atoms with Gasteiger partial charge in [-0.2, -0.15) is 5.26 Å². The van der Waals surface area contributed by atoms with Crippen LogP contribution >= 0.6 is 0 Å². The Bertz CT molecular complexity index is 379. The summed E-state index contributed by atoms with van der Waals surface area (Å²) >= 11 is 0. The van der Waals surface area contributed by atoms with Gasteiger partial charge in [0.15, 0.2) is 0 Å². The highest BCUT2D eigenvalue weighted by molar-refractivity contribution is 5.89. The second kappa shape index (κ2) is 6.55. The summed E-state index contributed by atoms with van der Waals surface area (Å²) in [6.07, 6.45) is 4.11. The van der Waals surface area contributed by atoms with E-state index in [9.17, 15) is 14.9 Å². The second-order valence-corrected chi connectivity index (χ2v) is 5.64. The van der Waals surface area contributed by atoms with Crippen molar-refractivity contribution in [1.29, 1.82) is 5.26 Å². The van der Waals surface area contributed by atoms with Crippen LogP contribution in [-0.4, -0.2) is 36.3 Å². The Hall–Kier alpha value is -1.57. The van der Waals surface area contributed by atoms with E-state index in [1.165, 1.54) is 4.90 Å². The molecule has 0 aromatic heterocycles. The molecule has 0 unspecified atom stereocenters. The topological polar surface area (TPSA) is 73.2 Å². The molecule has 5 nitrogen and oxygen atoms in total. The van der Waals surface area contributed by atoms with E-state index >= 15 is 0 Å². The Kier molecular flexibility index (Phi) is 5.34. The smallest absolute Gasteiger partial charge is 0.243 e. The van der Waals surface area contributed by atoms with Gasteiger partial charge in [0.2, 0.25) is 11.8 Å². The molecule has 0 spiro atoms. The van der Waals surface area contributed by atoms with Crippen LogP contribution in [0.15, 0.2) is 0 Å². The summed E-state index contributed by atoms with van der Waals surface area (Å²) in [7, 11) is 1.59. The van der Waals surface area contributed by atoms with Crippen molar-refractivity contribution in [3.63, 3.8) is 0 Å². The van der Waals surface area contributed by atoms with E-state index in [1.807, 2.05) is 13.8 Å². The number of nitriles is 1. The van der Waals surface area contributed by atoms with E-state index < -0.39 is 5.41 Å². The Balaban J connectivity index is 2.65. The van der Waals surface area contributed by atoms with Crippen LogP contribution in [0, 0.1) is 16.7 Å². The minimum absolute atomic E-state index is 0.0143. The standard InChI is InChI=1S/C14H23N3O2/c1-11(2)16-12(18)9-17(3)13(19)14(10-15)7-5-4-6-8-14/h11H,4-9H2,1-3H3,(H,16,18). The van der Waals surface area contributed by atoms with Crippen LogP contribution in [0.1, 0.15) is 46.0 Å². The van der Waals surface area contributed by atoms with Gasteiger partial charge < -0.3 is 10.2 Å².